The fourth-order valence-corrected chi connectivity index (χ4v) is 2.11. The molecule has 0 bridgehead atoms. The molecule has 0 spiro atoms. The molecule has 0 aliphatic carbocycles. The quantitative estimate of drug-likeness (QED) is 0.258. The fourth-order valence-electron chi connectivity index (χ4n) is 2.11. The van der Waals surface area contributed by atoms with Gasteiger partial charge in [0.15, 0.2) is 5.78 Å². The first-order chi connectivity index (χ1) is 11.8. The van der Waals surface area contributed by atoms with Gasteiger partial charge in [-0.2, -0.15) is 5.41 Å². The van der Waals surface area contributed by atoms with E-state index in [-0.39, 0.29) is 34.4 Å². The highest BCUT2D eigenvalue weighted by atomic mass is 19.1. The molecule has 0 saturated heterocycles. The Morgan fingerprint density at radius 2 is 1.96 bits per heavy atom. The first-order valence-corrected chi connectivity index (χ1v) is 7.46. The summed E-state index contributed by atoms with van der Waals surface area (Å²) in [4.78, 5) is 12.6. The van der Waals surface area contributed by atoms with Gasteiger partial charge in [0.05, 0.1) is 11.1 Å². The van der Waals surface area contributed by atoms with Crippen LogP contribution < -0.4 is 16.1 Å². The minimum Gasteiger partial charge on any atom is -0.404 e. The lowest BCUT2D eigenvalue weighted by atomic mass is 10.0. The molecule has 0 aliphatic rings. The lowest BCUT2D eigenvalue weighted by molar-refractivity contribution is -0.612. The number of nitrogens with one attached hydrogen (secondary N) is 1. The molecule has 0 radical (unpaired) electrons. The molecule has 0 unspecified atom stereocenters. The zero-order valence-corrected chi connectivity index (χ0v) is 13.8. The van der Waals surface area contributed by atoms with Crippen molar-refractivity contribution in [3.8, 4) is 0 Å². The summed E-state index contributed by atoms with van der Waals surface area (Å²) in [5.41, 5.74) is 11.1. The molecule has 1 aromatic heterocycles. The first-order valence-electron chi connectivity index (χ1n) is 7.46. The molecule has 1 heterocycles. The highest BCUT2D eigenvalue weighted by Gasteiger charge is 2.23. The van der Waals surface area contributed by atoms with Crippen LogP contribution in [0.25, 0.3) is 5.57 Å². The van der Waals surface area contributed by atoms with Crippen LogP contribution in [0, 0.1) is 23.0 Å². The summed E-state index contributed by atoms with van der Waals surface area (Å²) < 4.78 is 28.1. The maximum atomic E-state index is 13.9. The summed E-state index contributed by atoms with van der Waals surface area (Å²) in [6.07, 6.45) is 0.993. The minimum absolute atomic E-state index is 0.0872. The van der Waals surface area contributed by atoms with Gasteiger partial charge < -0.3 is 11.5 Å². The summed E-state index contributed by atoms with van der Waals surface area (Å²) in [5, 5.41) is 12.2. The van der Waals surface area contributed by atoms with Gasteiger partial charge in [0.1, 0.15) is 17.3 Å². The van der Waals surface area contributed by atoms with E-state index in [1.807, 2.05) is 0 Å². The number of nitrogens with two attached hydrogens (primary N) is 2. The fraction of sp³-hybridized carbons (Fsp3) is 0.176. The number of hydrogen-bond donors (Lipinski definition) is 3. The van der Waals surface area contributed by atoms with Gasteiger partial charge >= 0.3 is 0 Å². The van der Waals surface area contributed by atoms with Crippen LogP contribution in [0.5, 0.6) is 0 Å². The Morgan fingerprint density at radius 1 is 1.28 bits per heavy atom. The van der Waals surface area contributed by atoms with Crippen molar-refractivity contribution < 1.29 is 18.3 Å². The predicted molar refractivity (Wildman–Crippen MR) is 89.7 cm³/mol. The van der Waals surface area contributed by atoms with Crippen molar-refractivity contribution in [1.82, 2.24) is 5.10 Å². The summed E-state index contributed by atoms with van der Waals surface area (Å²) in [6.45, 7) is 3.59. The van der Waals surface area contributed by atoms with Crippen LogP contribution in [-0.4, -0.2) is 16.7 Å². The van der Waals surface area contributed by atoms with Gasteiger partial charge in [0, 0.05) is 24.3 Å². The normalized spacial score (nSPS) is 11.6. The van der Waals surface area contributed by atoms with Gasteiger partial charge in [-0.15, -0.1) is 9.78 Å². The van der Waals surface area contributed by atoms with Gasteiger partial charge in [-0.3, -0.25) is 4.79 Å². The largest absolute Gasteiger partial charge is 0.404 e. The molecular formula is C17H18F2N5O+. The summed E-state index contributed by atoms with van der Waals surface area (Å²) in [6, 6.07) is 5.55. The number of ketones is 1. The number of nitrogen functional groups attached to an aromatic ring is 1. The molecule has 1 aromatic carbocycles. The van der Waals surface area contributed by atoms with E-state index in [9.17, 15) is 13.6 Å². The third kappa shape index (κ3) is 3.68. The van der Waals surface area contributed by atoms with Crippen molar-refractivity contribution >= 4 is 23.0 Å². The summed E-state index contributed by atoms with van der Waals surface area (Å²) >= 11 is 0. The molecule has 8 heteroatoms. The van der Waals surface area contributed by atoms with E-state index in [1.165, 1.54) is 16.8 Å². The first kappa shape index (κ1) is 18.2. The Morgan fingerprint density at radius 3 is 2.52 bits per heavy atom. The van der Waals surface area contributed by atoms with Gasteiger partial charge in [-0.1, -0.05) is 13.8 Å². The van der Waals surface area contributed by atoms with E-state index in [4.69, 9.17) is 16.9 Å². The standard InChI is InChI=1S/C17H17F2N5O/c1-9(2)17(22)24-15(21)6-5-14(23-24)12(8-20)16(25)11-4-3-10(18)7-13(11)19/h3-9,21-22H,1-2H3,(H2,20,23,25)/p+1. The molecule has 2 aromatic rings. The zero-order valence-electron chi connectivity index (χ0n) is 13.8. The van der Waals surface area contributed by atoms with Gasteiger partial charge in [0.2, 0.25) is 5.82 Å². The van der Waals surface area contributed by atoms with E-state index in [1.54, 1.807) is 13.8 Å². The number of Topliss-reactive ketones (excluding diaryl/α,β-unsaturated/α-hetero) is 1. The highest BCUT2D eigenvalue weighted by molar-refractivity contribution is 6.28. The average Bonchev–Trinajstić information content (AvgIpc) is 2.56. The third-order valence-corrected chi connectivity index (χ3v) is 3.50. The van der Waals surface area contributed by atoms with Crippen LogP contribution in [0.3, 0.4) is 0 Å². The highest BCUT2D eigenvalue weighted by Crippen LogP contribution is 2.20. The van der Waals surface area contributed by atoms with E-state index < -0.39 is 17.4 Å². The number of anilines is 1. The number of aromatic nitrogens is 2. The molecule has 6 nitrogen and oxygen atoms in total. The molecule has 0 fully saturated rings. The molecule has 0 aliphatic heterocycles. The lowest BCUT2D eigenvalue weighted by Gasteiger charge is -2.10. The van der Waals surface area contributed by atoms with Gasteiger partial charge in [-0.05, 0) is 18.2 Å². The van der Waals surface area contributed by atoms with Gasteiger partial charge in [0.25, 0.3) is 5.84 Å². The molecule has 0 atom stereocenters. The van der Waals surface area contributed by atoms with E-state index in [2.05, 4.69) is 5.10 Å². The number of benzene rings is 1. The van der Waals surface area contributed by atoms with Crippen molar-refractivity contribution in [1.29, 1.82) is 5.41 Å². The summed E-state index contributed by atoms with van der Waals surface area (Å²) in [7, 11) is 0. The second-order valence-electron chi connectivity index (χ2n) is 5.63. The number of nitrogens with zero attached hydrogens (tertiary/aromatic N) is 2. The Labute approximate surface area is 143 Å². The number of carbonyl (C=O) groups is 1. The average molecular weight is 346 g/mol. The number of allylic oxidation sites excluding steroid dienone is 1. The molecule has 0 amide bonds. The Bertz CT molecular complexity index is 877. The van der Waals surface area contributed by atoms with Crippen molar-refractivity contribution in [3.63, 3.8) is 0 Å². The van der Waals surface area contributed by atoms with Crippen LogP contribution in [0.4, 0.5) is 14.6 Å². The SMILES string of the molecule is CC(C)C(=N)[n+]1nc(C(=CN)C(=O)c2ccc(F)cc2F)ccc1N. The number of hydrogen-bond acceptors (Lipinski definition) is 5. The number of halogens is 2. The van der Waals surface area contributed by atoms with Crippen LogP contribution in [0.2, 0.25) is 0 Å². The van der Waals surface area contributed by atoms with Crippen molar-refractivity contribution in [2.45, 2.75) is 13.8 Å². The minimum atomic E-state index is -0.998. The smallest absolute Gasteiger partial charge is 0.256 e. The van der Waals surface area contributed by atoms with Crippen LogP contribution >= 0.6 is 0 Å². The monoisotopic (exact) mass is 346 g/mol. The van der Waals surface area contributed by atoms with Crippen molar-refractivity contribution in [2.75, 3.05) is 5.73 Å². The molecule has 2 rings (SSSR count). The predicted octanol–water partition coefficient (Wildman–Crippen LogP) is 1.89. The van der Waals surface area contributed by atoms with Gasteiger partial charge in [-0.25, -0.2) is 8.78 Å². The molecular weight excluding hydrogens is 328 g/mol. The Balaban J connectivity index is 2.50. The Kier molecular flexibility index (Phi) is 5.21. The second-order valence-corrected chi connectivity index (χ2v) is 5.63. The molecule has 0 saturated carbocycles. The topological polar surface area (TPSA) is 110 Å². The van der Waals surface area contributed by atoms with Crippen LogP contribution in [-0.2, 0) is 0 Å². The van der Waals surface area contributed by atoms with E-state index in [0.29, 0.717) is 6.07 Å². The van der Waals surface area contributed by atoms with Crippen molar-refractivity contribution in [3.05, 3.63) is 59.4 Å². The molecule has 130 valence electrons. The second kappa shape index (κ2) is 7.16. The maximum Gasteiger partial charge on any atom is 0.256 e. The number of carbonyl (C=O) groups excluding carboxylic acids is 1. The third-order valence-electron chi connectivity index (χ3n) is 3.50. The number of rotatable bonds is 4. The Hall–Kier alpha value is -3.16. The van der Waals surface area contributed by atoms with E-state index in [0.717, 1.165) is 18.3 Å². The maximum absolute atomic E-state index is 13.9. The van der Waals surface area contributed by atoms with Crippen LogP contribution in [0.1, 0.15) is 29.9 Å². The van der Waals surface area contributed by atoms with Crippen LogP contribution in [0.15, 0.2) is 36.5 Å². The lowest BCUT2D eigenvalue weighted by Crippen LogP contribution is -2.51. The van der Waals surface area contributed by atoms with Crippen molar-refractivity contribution in [2.24, 2.45) is 11.7 Å². The summed E-state index contributed by atoms with van der Waals surface area (Å²) in [5.74, 6) is -2.37. The molecule has 25 heavy (non-hydrogen) atoms. The molecule has 5 N–H and O–H groups in total. The zero-order chi connectivity index (χ0) is 18.7. The van der Waals surface area contributed by atoms with E-state index >= 15 is 0 Å².